The van der Waals surface area contributed by atoms with Crippen molar-refractivity contribution in [1.29, 1.82) is 0 Å². The van der Waals surface area contributed by atoms with Crippen molar-refractivity contribution < 1.29 is 18.0 Å². The normalized spacial score (nSPS) is 12.0. The summed E-state index contributed by atoms with van der Waals surface area (Å²) < 4.78 is 30.0. The van der Waals surface area contributed by atoms with Gasteiger partial charge in [-0.2, -0.15) is 0 Å². The van der Waals surface area contributed by atoms with Gasteiger partial charge < -0.3 is 10.2 Å². The van der Waals surface area contributed by atoms with Crippen molar-refractivity contribution in [2.75, 3.05) is 17.4 Å². The molecule has 0 aliphatic rings. The maximum absolute atomic E-state index is 14.5. The van der Waals surface area contributed by atoms with Crippen LogP contribution in [0.1, 0.15) is 30.5 Å². The molecule has 0 aliphatic carbocycles. The summed E-state index contributed by atoms with van der Waals surface area (Å²) in [5.74, 6) is -0.575. The molecule has 44 heavy (non-hydrogen) atoms. The van der Waals surface area contributed by atoms with E-state index in [-0.39, 0.29) is 29.7 Å². The van der Waals surface area contributed by atoms with Gasteiger partial charge in [0.05, 0.1) is 10.6 Å². The topological polar surface area (TPSA) is 86.8 Å². The number of nitrogens with one attached hydrogen (secondary N) is 1. The van der Waals surface area contributed by atoms with Crippen molar-refractivity contribution in [3.8, 4) is 0 Å². The minimum absolute atomic E-state index is 0.0704. The van der Waals surface area contributed by atoms with Gasteiger partial charge in [-0.3, -0.25) is 13.9 Å². The van der Waals surface area contributed by atoms with Crippen LogP contribution in [0.5, 0.6) is 0 Å². The Morgan fingerprint density at radius 3 is 2.02 bits per heavy atom. The molecule has 1 atom stereocenters. The van der Waals surface area contributed by atoms with Crippen molar-refractivity contribution in [3.05, 3.63) is 130 Å². The number of rotatable bonds is 13. The summed E-state index contributed by atoms with van der Waals surface area (Å²) in [5.41, 5.74) is 2.96. The van der Waals surface area contributed by atoms with Gasteiger partial charge in [-0.15, -0.1) is 0 Å². The monoisotopic (exact) mass is 675 g/mol. The fraction of sp³-hybridized carbons (Fsp3) is 0.257. The van der Waals surface area contributed by atoms with E-state index in [1.165, 1.54) is 4.90 Å². The molecule has 4 aromatic rings. The molecule has 0 saturated carbocycles. The van der Waals surface area contributed by atoms with Crippen LogP contribution in [-0.4, -0.2) is 44.3 Å². The molecule has 230 valence electrons. The molecular formula is C35H38BrN3O4S. The molecule has 4 aromatic carbocycles. The average molecular weight is 677 g/mol. The standard InChI is InChI=1S/C35H38BrN3O4S/c1-26(2)23-37-35(41)33(21-28-11-6-4-7-12-28)38(24-29-13-8-5-9-14-29)34(40)25-39(31-16-10-15-30(36)22-31)44(42,43)32-19-17-27(3)18-20-32/h4-20,22,26,33H,21,23-25H2,1-3H3,(H,37,41). The SMILES string of the molecule is Cc1ccc(S(=O)(=O)N(CC(=O)N(Cc2ccccc2)C(Cc2ccccc2)C(=O)NCC(C)C)c2cccc(Br)c2)cc1. The maximum Gasteiger partial charge on any atom is 0.264 e. The lowest BCUT2D eigenvalue weighted by Gasteiger charge is -2.34. The first-order valence-corrected chi connectivity index (χ1v) is 16.8. The Labute approximate surface area is 269 Å². The van der Waals surface area contributed by atoms with Crippen molar-refractivity contribution in [3.63, 3.8) is 0 Å². The van der Waals surface area contributed by atoms with Gasteiger partial charge in [-0.25, -0.2) is 8.42 Å². The number of carbonyl (C=O) groups excluding carboxylic acids is 2. The maximum atomic E-state index is 14.5. The molecule has 4 rings (SSSR count). The van der Waals surface area contributed by atoms with Crippen LogP contribution in [-0.2, 0) is 32.6 Å². The van der Waals surface area contributed by atoms with Crippen LogP contribution in [0.15, 0.2) is 119 Å². The predicted octanol–water partition coefficient (Wildman–Crippen LogP) is 6.37. The number of anilines is 1. The zero-order valence-electron chi connectivity index (χ0n) is 25.2. The Morgan fingerprint density at radius 2 is 1.43 bits per heavy atom. The number of nitrogens with zero attached hydrogens (tertiary/aromatic N) is 2. The third kappa shape index (κ3) is 8.80. The first-order chi connectivity index (χ1) is 21.0. The van der Waals surface area contributed by atoms with E-state index in [4.69, 9.17) is 0 Å². The second-order valence-corrected chi connectivity index (χ2v) is 13.9. The fourth-order valence-electron chi connectivity index (χ4n) is 4.75. The molecule has 0 aromatic heterocycles. The summed E-state index contributed by atoms with van der Waals surface area (Å²) in [5, 5.41) is 3.01. The van der Waals surface area contributed by atoms with Crippen molar-refractivity contribution in [2.45, 2.75) is 44.7 Å². The molecule has 0 fully saturated rings. The lowest BCUT2D eigenvalue weighted by atomic mass is 10.0. The van der Waals surface area contributed by atoms with Crippen molar-refractivity contribution in [1.82, 2.24) is 10.2 Å². The highest BCUT2D eigenvalue weighted by Crippen LogP contribution is 2.27. The third-order valence-electron chi connectivity index (χ3n) is 7.14. The second kappa shape index (κ2) is 15.2. The lowest BCUT2D eigenvalue weighted by Crippen LogP contribution is -2.53. The quantitative estimate of drug-likeness (QED) is 0.179. The highest BCUT2D eigenvalue weighted by Gasteiger charge is 2.34. The van der Waals surface area contributed by atoms with Gasteiger partial charge in [0, 0.05) is 24.0 Å². The molecule has 0 radical (unpaired) electrons. The van der Waals surface area contributed by atoms with Gasteiger partial charge in [-0.05, 0) is 54.3 Å². The van der Waals surface area contributed by atoms with E-state index in [0.717, 1.165) is 21.0 Å². The van der Waals surface area contributed by atoms with Crippen LogP contribution in [0.3, 0.4) is 0 Å². The zero-order valence-corrected chi connectivity index (χ0v) is 27.6. The number of carbonyl (C=O) groups is 2. The third-order valence-corrected chi connectivity index (χ3v) is 9.42. The highest BCUT2D eigenvalue weighted by molar-refractivity contribution is 9.10. The zero-order chi connectivity index (χ0) is 31.7. The summed E-state index contributed by atoms with van der Waals surface area (Å²) in [6, 6.07) is 31.4. The van der Waals surface area contributed by atoms with Crippen LogP contribution in [0.4, 0.5) is 5.69 Å². The summed E-state index contributed by atoms with van der Waals surface area (Å²) >= 11 is 3.44. The molecule has 0 spiro atoms. The molecule has 0 heterocycles. The summed E-state index contributed by atoms with van der Waals surface area (Å²) in [6.07, 6.45) is 0.269. The first kappa shape index (κ1) is 33.0. The van der Waals surface area contributed by atoms with Crippen molar-refractivity contribution >= 4 is 43.5 Å². The minimum Gasteiger partial charge on any atom is -0.354 e. The first-order valence-electron chi connectivity index (χ1n) is 14.5. The Kier molecular flexibility index (Phi) is 11.4. The second-order valence-electron chi connectivity index (χ2n) is 11.2. The number of halogens is 1. The van der Waals surface area contributed by atoms with E-state index in [1.807, 2.05) is 81.4 Å². The summed E-state index contributed by atoms with van der Waals surface area (Å²) in [7, 11) is -4.15. The van der Waals surface area contributed by atoms with E-state index >= 15 is 0 Å². The molecule has 1 unspecified atom stereocenters. The number of aryl methyl sites for hydroxylation is 1. The number of sulfonamides is 1. The van der Waals surface area contributed by atoms with Gasteiger partial charge in [-0.1, -0.05) is 114 Å². The van der Waals surface area contributed by atoms with Gasteiger partial charge in [0.2, 0.25) is 11.8 Å². The number of hydrogen-bond acceptors (Lipinski definition) is 4. The molecule has 1 N–H and O–H groups in total. The largest absolute Gasteiger partial charge is 0.354 e. The highest BCUT2D eigenvalue weighted by atomic mass is 79.9. The minimum atomic E-state index is -4.15. The van der Waals surface area contributed by atoms with Gasteiger partial charge >= 0.3 is 0 Å². The molecule has 0 aliphatic heterocycles. The summed E-state index contributed by atoms with van der Waals surface area (Å²) in [4.78, 5) is 29.8. The van der Waals surface area contributed by atoms with Crippen LogP contribution >= 0.6 is 15.9 Å². The molecule has 0 saturated heterocycles. The Hall–Kier alpha value is -3.95. The van der Waals surface area contributed by atoms with Gasteiger partial charge in [0.25, 0.3) is 10.0 Å². The van der Waals surface area contributed by atoms with Crippen LogP contribution in [0.25, 0.3) is 0 Å². The Morgan fingerprint density at radius 1 is 0.818 bits per heavy atom. The van der Waals surface area contributed by atoms with E-state index in [0.29, 0.717) is 16.7 Å². The lowest BCUT2D eigenvalue weighted by molar-refractivity contribution is -0.140. The van der Waals surface area contributed by atoms with Gasteiger partial charge in [0.15, 0.2) is 0 Å². The number of benzene rings is 4. The predicted molar refractivity (Wildman–Crippen MR) is 179 cm³/mol. The van der Waals surface area contributed by atoms with Crippen LogP contribution < -0.4 is 9.62 Å². The average Bonchev–Trinajstić information content (AvgIpc) is 3.01. The fourth-order valence-corrected chi connectivity index (χ4v) is 6.55. The van der Waals surface area contributed by atoms with E-state index in [9.17, 15) is 18.0 Å². The Bertz CT molecular complexity index is 1650. The van der Waals surface area contributed by atoms with Crippen molar-refractivity contribution in [2.24, 2.45) is 5.92 Å². The summed E-state index contributed by atoms with van der Waals surface area (Å²) in [6.45, 7) is 5.97. The van der Waals surface area contributed by atoms with Crippen LogP contribution in [0.2, 0.25) is 0 Å². The molecule has 2 amide bonds. The Balaban J connectivity index is 1.78. The van der Waals surface area contributed by atoms with Gasteiger partial charge in [0.1, 0.15) is 12.6 Å². The smallest absolute Gasteiger partial charge is 0.264 e. The van der Waals surface area contributed by atoms with E-state index < -0.39 is 28.5 Å². The number of amides is 2. The van der Waals surface area contributed by atoms with E-state index in [2.05, 4.69) is 21.2 Å². The molecular weight excluding hydrogens is 638 g/mol. The van der Waals surface area contributed by atoms with Crippen LogP contribution in [0, 0.1) is 12.8 Å². The van der Waals surface area contributed by atoms with E-state index in [1.54, 1.807) is 48.5 Å². The molecule has 9 heteroatoms. The molecule has 0 bridgehead atoms. The number of hydrogen-bond donors (Lipinski definition) is 1. The molecule has 7 nitrogen and oxygen atoms in total.